The number of hydrogen-bond donors (Lipinski definition) is 2. The summed E-state index contributed by atoms with van der Waals surface area (Å²) in [5, 5.41) is 2.21. The van der Waals surface area contributed by atoms with Crippen molar-refractivity contribution in [2.24, 2.45) is 0 Å². The molecule has 126 valence electrons. The Kier molecular flexibility index (Phi) is 5.27. The van der Waals surface area contributed by atoms with Crippen molar-refractivity contribution < 1.29 is 21.6 Å². The first-order valence-electron chi connectivity index (χ1n) is 6.55. The molecule has 2 aromatic rings. The lowest BCUT2D eigenvalue weighted by Crippen LogP contribution is -2.25. The first-order valence-corrected chi connectivity index (χ1v) is 8.91. The van der Waals surface area contributed by atoms with E-state index in [1.807, 2.05) is 0 Å². The highest BCUT2D eigenvalue weighted by Crippen LogP contribution is 2.30. The van der Waals surface area contributed by atoms with E-state index in [2.05, 4.69) is 9.71 Å². The van der Waals surface area contributed by atoms with Gasteiger partial charge in [0, 0.05) is 11.9 Å². The first kappa shape index (κ1) is 17.7. The van der Waals surface area contributed by atoms with Crippen LogP contribution in [0.3, 0.4) is 0 Å². The predicted octanol–water partition coefficient (Wildman–Crippen LogP) is 2.66. The van der Waals surface area contributed by atoms with Gasteiger partial charge in [0.05, 0.1) is 16.2 Å². The van der Waals surface area contributed by atoms with Crippen LogP contribution >= 0.6 is 11.3 Å². The van der Waals surface area contributed by atoms with Gasteiger partial charge in [-0.2, -0.15) is 13.2 Å². The van der Waals surface area contributed by atoms with Gasteiger partial charge >= 0.3 is 6.18 Å². The lowest BCUT2D eigenvalue weighted by atomic mass is 10.2. The number of nitrogen functional groups attached to an aromatic ring is 1. The molecule has 0 fully saturated rings. The van der Waals surface area contributed by atoms with E-state index in [0.29, 0.717) is 24.0 Å². The lowest BCUT2D eigenvalue weighted by molar-refractivity contribution is -0.137. The van der Waals surface area contributed by atoms with Gasteiger partial charge < -0.3 is 5.73 Å². The van der Waals surface area contributed by atoms with E-state index in [4.69, 9.17) is 5.73 Å². The minimum atomic E-state index is -4.59. The standard InChI is InChI=1S/C13H14F3N3O2S2/c14-13(15,16)9-3-1-5-11(7-9)23(20,21)18-6-2-4-10-8-22-12(17)19-10/h1,3,5,7-8,18H,2,4,6H2,(H2,17,19). The van der Waals surface area contributed by atoms with Crippen LogP contribution in [0.2, 0.25) is 0 Å². The van der Waals surface area contributed by atoms with Gasteiger partial charge in [-0.3, -0.25) is 0 Å². The van der Waals surface area contributed by atoms with E-state index in [1.165, 1.54) is 11.3 Å². The van der Waals surface area contributed by atoms with Crippen molar-refractivity contribution in [3.63, 3.8) is 0 Å². The summed E-state index contributed by atoms with van der Waals surface area (Å²) in [6, 6.07) is 3.63. The number of aryl methyl sites for hydroxylation is 1. The number of hydrogen-bond acceptors (Lipinski definition) is 5. The second kappa shape index (κ2) is 6.85. The van der Waals surface area contributed by atoms with Gasteiger partial charge in [0.2, 0.25) is 10.0 Å². The molecule has 0 radical (unpaired) electrons. The summed E-state index contributed by atoms with van der Waals surface area (Å²) >= 11 is 1.29. The van der Waals surface area contributed by atoms with Gasteiger partial charge in [0.15, 0.2) is 5.13 Å². The molecule has 0 spiro atoms. The van der Waals surface area contributed by atoms with Crippen molar-refractivity contribution in [3.05, 3.63) is 40.9 Å². The summed E-state index contributed by atoms with van der Waals surface area (Å²) in [5.41, 5.74) is 5.24. The zero-order valence-electron chi connectivity index (χ0n) is 11.8. The fraction of sp³-hybridized carbons (Fsp3) is 0.308. The molecule has 10 heteroatoms. The largest absolute Gasteiger partial charge is 0.416 e. The molecule has 0 aliphatic heterocycles. The van der Waals surface area contributed by atoms with Crippen LogP contribution in [-0.4, -0.2) is 19.9 Å². The van der Waals surface area contributed by atoms with Crippen LogP contribution in [0.25, 0.3) is 0 Å². The Hall–Kier alpha value is -1.65. The Balaban J connectivity index is 1.96. The summed E-state index contributed by atoms with van der Waals surface area (Å²) in [6.07, 6.45) is -3.60. The number of aromatic nitrogens is 1. The van der Waals surface area contributed by atoms with Gasteiger partial charge in [0.25, 0.3) is 0 Å². The number of nitrogens with one attached hydrogen (secondary N) is 1. The third kappa shape index (κ3) is 4.91. The van der Waals surface area contributed by atoms with E-state index in [1.54, 1.807) is 5.38 Å². The van der Waals surface area contributed by atoms with Gasteiger partial charge in [-0.05, 0) is 31.0 Å². The second-order valence-electron chi connectivity index (χ2n) is 4.70. The van der Waals surface area contributed by atoms with Crippen LogP contribution in [0.4, 0.5) is 18.3 Å². The Labute approximate surface area is 135 Å². The molecule has 23 heavy (non-hydrogen) atoms. The second-order valence-corrected chi connectivity index (χ2v) is 7.36. The average Bonchev–Trinajstić information content (AvgIpc) is 2.88. The quantitative estimate of drug-likeness (QED) is 0.771. The first-order chi connectivity index (χ1) is 10.7. The Morgan fingerprint density at radius 2 is 2.04 bits per heavy atom. The molecule has 0 amide bonds. The summed E-state index contributed by atoms with van der Waals surface area (Å²) < 4.78 is 64.2. The minimum Gasteiger partial charge on any atom is -0.375 e. The van der Waals surface area contributed by atoms with E-state index < -0.39 is 26.7 Å². The molecule has 5 nitrogen and oxygen atoms in total. The van der Waals surface area contributed by atoms with Crippen molar-refractivity contribution in [1.29, 1.82) is 0 Å². The number of nitrogens with zero attached hydrogens (tertiary/aromatic N) is 1. The maximum absolute atomic E-state index is 12.6. The molecule has 1 aromatic carbocycles. The van der Waals surface area contributed by atoms with Crippen molar-refractivity contribution in [2.45, 2.75) is 23.9 Å². The van der Waals surface area contributed by atoms with Crippen LogP contribution in [0.1, 0.15) is 17.7 Å². The van der Waals surface area contributed by atoms with Crippen LogP contribution in [0.15, 0.2) is 34.5 Å². The zero-order chi connectivity index (χ0) is 17.1. The molecule has 0 aliphatic rings. The van der Waals surface area contributed by atoms with Crippen LogP contribution in [0, 0.1) is 0 Å². The van der Waals surface area contributed by atoms with Gasteiger partial charge in [-0.25, -0.2) is 18.1 Å². The number of sulfonamides is 1. The molecule has 1 heterocycles. The summed E-state index contributed by atoms with van der Waals surface area (Å²) in [6.45, 7) is 0.0933. The van der Waals surface area contributed by atoms with Gasteiger partial charge in [-0.15, -0.1) is 11.3 Å². The van der Waals surface area contributed by atoms with E-state index in [0.717, 1.165) is 23.9 Å². The highest BCUT2D eigenvalue weighted by molar-refractivity contribution is 7.89. The molecule has 0 unspecified atom stereocenters. The van der Waals surface area contributed by atoms with Crippen molar-refractivity contribution in [1.82, 2.24) is 9.71 Å². The Bertz CT molecular complexity index is 773. The number of rotatable bonds is 6. The summed E-state index contributed by atoms with van der Waals surface area (Å²) in [5.74, 6) is 0. The number of anilines is 1. The van der Waals surface area contributed by atoms with Gasteiger partial charge in [0.1, 0.15) is 0 Å². The molecule has 0 bridgehead atoms. The van der Waals surface area contributed by atoms with Crippen LogP contribution < -0.4 is 10.5 Å². The smallest absolute Gasteiger partial charge is 0.375 e. The monoisotopic (exact) mass is 365 g/mol. The molecule has 0 atom stereocenters. The van der Waals surface area contributed by atoms with Gasteiger partial charge in [-0.1, -0.05) is 6.07 Å². The predicted molar refractivity (Wildman–Crippen MR) is 81.5 cm³/mol. The summed E-state index contributed by atoms with van der Waals surface area (Å²) in [4.78, 5) is 3.62. The molecule has 0 aliphatic carbocycles. The Morgan fingerprint density at radius 1 is 1.30 bits per heavy atom. The van der Waals surface area contributed by atoms with E-state index in [-0.39, 0.29) is 6.54 Å². The fourth-order valence-corrected chi connectivity index (χ4v) is 3.55. The molecule has 2 rings (SSSR count). The molecule has 0 saturated carbocycles. The molecular weight excluding hydrogens is 351 g/mol. The van der Waals surface area contributed by atoms with Crippen molar-refractivity contribution in [3.8, 4) is 0 Å². The van der Waals surface area contributed by atoms with E-state index >= 15 is 0 Å². The third-order valence-corrected chi connectivity index (χ3v) is 5.12. The van der Waals surface area contributed by atoms with Crippen LogP contribution in [0.5, 0.6) is 0 Å². The highest BCUT2D eigenvalue weighted by Gasteiger charge is 2.31. The number of benzene rings is 1. The average molecular weight is 365 g/mol. The van der Waals surface area contributed by atoms with Crippen molar-refractivity contribution >= 4 is 26.5 Å². The third-order valence-electron chi connectivity index (χ3n) is 2.94. The van der Waals surface area contributed by atoms with Crippen molar-refractivity contribution in [2.75, 3.05) is 12.3 Å². The molecular formula is C13H14F3N3O2S2. The maximum atomic E-state index is 12.6. The number of nitrogens with two attached hydrogens (primary N) is 1. The Morgan fingerprint density at radius 3 is 2.65 bits per heavy atom. The highest BCUT2D eigenvalue weighted by atomic mass is 32.2. The molecule has 0 saturated heterocycles. The number of halogens is 3. The number of alkyl halides is 3. The SMILES string of the molecule is Nc1nc(CCCNS(=O)(=O)c2cccc(C(F)(F)F)c2)cs1. The normalized spacial score (nSPS) is 12.5. The lowest BCUT2D eigenvalue weighted by Gasteiger charge is -2.10. The van der Waals surface area contributed by atoms with E-state index in [9.17, 15) is 21.6 Å². The van der Waals surface area contributed by atoms with Crippen LogP contribution in [-0.2, 0) is 22.6 Å². The maximum Gasteiger partial charge on any atom is 0.416 e. The molecule has 3 N–H and O–H groups in total. The fourth-order valence-electron chi connectivity index (χ4n) is 1.84. The summed E-state index contributed by atoms with van der Waals surface area (Å²) in [7, 11) is -3.98. The molecule has 1 aromatic heterocycles. The number of thiazole rings is 1. The minimum absolute atomic E-state index is 0.0933. The zero-order valence-corrected chi connectivity index (χ0v) is 13.4. The topological polar surface area (TPSA) is 85.1 Å².